The molecule has 8 nitrogen and oxygen atoms in total. The Kier molecular flexibility index (Phi) is 3.48. The lowest BCUT2D eigenvalue weighted by molar-refractivity contribution is -0.385. The van der Waals surface area contributed by atoms with Crippen molar-refractivity contribution in [3.05, 3.63) is 33.9 Å². The van der Waals surface area contributed by atoms with Crippen LogP contribution in [0.2, 0.25) is 0 Å². The molecule has 0 aliphatic carbocycles. The standard InChI is InChI=1S/C10H9ClN4O4S/c1-6-3-4-7(5-8(6)15(16)17)9-12-13-10(14(9)2)20(11,18)19/h3-5H,1-2H3. The maximum Gasteiger partial charge on any atom is 0.296 e. The first-order valence-corrected chi connectivity index (χ1v) is 7.62. The highest BCUT2D eigenvalue weighted by molar-refractivity contribution is 8.13. The van der Waals surface area contributed by atoms with Crippen LogP contribution in [0.3, 0.4) is 0 Å². The lowest BCUT2D eigenvalue weighted by Gasteiger charge is -2.03. The molecular formula is C10H9ClN4O4S. The molecule has 0 unspecified atom stereocenters. The van der Waals surface area contributed by atoms with Gasteiger partial charge in [0.1, 0.15) is 0 Å². The Morgan fingerprint density at radius 1 is 1.35 bits per heavy atom. The maximum absolute atomic E-state index is 11.3. The average molecular weight is 317 g/mol. The summed E-state index contributed by atoms with van der Waals surface area (Å²) >= 11 is 0. The second-order valence-electron chi connectivity index (χ2n) is 4.06. The number of aromatic nitrogens is 3. The fourth-order valence-electron chi connectivity index (χ4n) is 1.72. The molecule has 1 aromatic heterocycles. The van der Waals surface area contributed by atoms with Crippen molar-refractivity contribution in [3.63, 3.8) is 0 Å². The SMILES string of the molecule is Cc1ccc(-c2nnc(S(=O)(=O)Cl)n2C)cc1[N+](=O)[O-]. The molecule has 1 aromatic carbocycles. The van der Waals surface area contributed by atoms with Gasteiger partial charge in [0.05, 0.1) is 4.92 Å². The van der Waals surface area contributed by atoms with E-state index in [-0.39, 0.29) is 11.5 Å². The summed E-state index contributed by atoms with van der Waals surface area (Å²) in [6, 6.07) is 4.46. The van der Waals surface area contributed by atoms with Gasteiger partial charge in [-0.25, -0.2) is 8.42 Å². The summed E-state index contributed by atoms with van der Waals surface area (Å²) in [6.07, 6.45) is 0. The summed E-state index contributed by atoms with van der Waals surface area (Å²) in [5.74, 6) is 0.173. The monoisotopic (exact) mass is 316 g/mol. The highest BCUT2D eigenvalue weighted by Crippen LogP contribution is 2.26. The van der Waals surface area contributed by atoms with E-state index >= 15 is 0 Å². The van der Waals surface area contributed by atoms with Gasteiger partial charge in [0.25, 0.3) is 19.9 Å². The minimum atomic E-state index is -4.03. The molecule has 10 heteroatoms. The van der Waals surface area contributed by atoms with Crippen molar-refractivity contribution < 1.29 is 13.3 Å². The zero-order chi connectivity index (χ0) is 15.1. The summed E-state index contributed by atoms with van der Waals surface area (Å²) in [7, 11) is 2.60. The molecule has 2 rings (SSSR count). The number of nitrogens with zero attached hydrogens (tertiary/aromatic N) is 4. The van der Waals surface area contributed by atoms with Crippen LogP contribution in [0.5, 0.6) is 0 Å². The molecule has 0 aliphatic rings. The normalized spacial score (nSPS) is 11.6. The Morgan fingerprint density at radius 3 is 2.50 bits per heavy atom. The molecule has 0 spiro atoms. The van der Waals surface area contributed by atoms with Crippen LogP contribution >= 0.6 is 10.7 Å². The molecule has 0 fully saturated rings. The van der Waals surface area contributed by atoms with Crippen molar-refractivity contribution in [2.75, 3.05) is 0 Å². The van der Waals surface area contributed by atoms with E-state index in [0.717, 1.165) is 4.57 Å². The number of hydrogen-bond acceptors (Lipinski definition) is 6. The Hall–Kier alpha value is -2.00. The quantitative estimate of drug-likeness (QED) is 0.483. The van der Waals surface area contributed by atoms with E-state index in [9.17, 15) is 18.5 Å². The third-order valence-electron chi connectivity index (χ3n) is 2.72. The van der Waals surface area contributed by atoms with Crippen LogP contribution in [-0.4, -0.2) is 28.1 Å². The second kappa shape index (κ2) is 4.84. The average Bonchev–Trinajstić information content (AvgIpc) is 2.71. The second-order valence-corrected chi connectivity index (χ2v) is 6.52. The lowest BCUT2D eigenvalue weighted by atomic mass is 10.1. The van der Waals surface area contributed by atoms with Gasteiger partial charge in [0.15, 0.2) is 5.82 Å². The van der Waals surface area contributed by atoms with Crippen molar-refractivity contribution >= 4 is 25.4 Å². The van der Waals surface area contributed by atoms with Crippen LogP contribution in [-0.2, 0) is 16.1 Å². The van der Waals surface area contributed by atoms with E-state index in [0.29, 0.717) is 11.1 Å². The number of rotatable bonds is 3. The van der Waals surface area contributed by atoms with Gasteiger partial charge in [-0.05, 0) is 6.92 Å². The Balaban J connectivity index is 2.62. The molecule has 106 valence electrons. The number of halogens is 1. The van der Waals surface area contributed by atoms with E-state index in [1.54, 1.807) is 19.1 Å². The first kappa shape index (κ1) is 14.4. The van der Waals surface area contributed by atoms with E-state index in [1.165, 1.54) is 13.1 Å². The number of benzene rings is 1. The zero-order valence-corrected chi connectivity index (χ0v) is 12.0. The molecule has 20 heavy (non-hydrogen) atoms. The van der Waals surface area contributed by atoms with Crippen molar-refractivity contribution in [1.29, 1.82) is 0 Å². The smallest absolute Gasteiger partial charge is 0.296 e. The largest absolute Gasteiger partial charge is 0.300 e. The molecule has 2 aromatic rings. The van der Waals surface area contributed by atoms with Gasteiger partial charge in [-0.1, -0.05) is 12.1 Å². The van der Waals surface area contributed by atoms with Crippen LogP contribution in [0.1, 0.15) is 5.56 Å². The van der Waals surface area contributed by atoms with Crippen molar-refractivity contribution in [2.45, 2.75) is 12.1 Å². The van der Waals surface area contributed by atoms with Crippen molar-refractivity contribution in [1.82, 2.24) is 14.8 Å². The van der Waals surface area contributed by atoms with E-state index < -0.39 is 19.1 Å². The van der Waals surface area contributed by atoms with Gasteiger partial charge in [-0.2, -0.15) is 0 Å². The molecule has 0 atom stereocenters. The molecule has 0 N–H and O–H groups in total. The molecule has 0 bridgehead atoms. The first-order valence-electron chi connectivity index (χ1n) is 5.31. The Morgan fingerprint density at radius 2 is 2.00 bits per heavy atom. The fraction of sp³-hybridized carbons (Fsp3) is 0.200. The summed E-state index contributed by atoms with van der Waals surface area (Å²) in [4.78, 5) is 10.4. The van der Waals surface area contributed by atoms with Crippen LogP contribution in [0, 0.1) is 17.0 Å². The Labute approximate surface area is 118 Å². The maximum atomic E-state index is 11.3. The predicted molar refractivity (Wildman–Crippen MR) is 70.9 cm³/mol. The zero-order valence-electron chi connectivity index (χ0n) is 10.4. The summed E-state index contributed by atoms with van der Waals surface area (Å²) in [5.41, 5.74) is 0.788. The molecule has 0 amide bonds. The molecule has 1 heterocycles. The molecule has 0 radical (unpaired) electrons. The summed E-state index contributed by atoms with van der Waals surface area (Å²) in [6.45, 7) is 1.60. The van der Waals surface area contributed by atoms with Crippen LogP contribution in [0.15, 0.2) is 23.4 Å². The minimum absolute atomic E-state index is 0.0826. The highest BCUT2D eigenvalue weighted by Gasteiger charge is 2.22. The van der Waals surface area contributed by atoms with Crippen molar-refractivity contribution in [3.8, 4) is 11.4 Å². The third-order valence-corrected chi connectivity index (χ3v) is 3.92. The third kappa shape index (κ3) is 2.49. The summed E-state index contributed by atoms with van der Waals surface area (Å²) in [5, 5.41) is 17.7. The Bertz CT molecular complexity index is 800. The highest BCUT2D eigenvalue weighted by atomic mass is 35.7. The van der Waals surface area contributed by atoms with E-state index in [2.05, 4.69) is 10.2 Å². The number of aryl methyl sites for hydroxylation is 1. The van der Waals surface area contributed by atoms with E-state index in [1.807, 2.05) is 0 Å². The van der Waals surface area contributed by atoms with Gasteiger partial charge < -0.3 is 0 Å². The van der Waals surface area contributed by atoms with Gasteiger partial charge in [0.2, 0.25) is 0 Å². The molecule has 0 aliphatic heterocycles. The first-order chi connectivity index (χ1) is 9.21. The lowest BCUT2D eigenvalue weighted by Crippen LogP contribution is -2.03. The van der Waals surface area contributed by atoms with Crippen molar-refractivity contribution in [2.24, 2.45) is 7.05 Å². The molecule has 0 saturated heterocycles. The van der Waals surface area contributed by atoms with Crippen LogP contribution < -0.4 is 0 Å². The number of hydrogen-bond donors (Lipinski definition) is 0. The van der Waals surface area contributed by atoms with Gasteiger partial charge in [-0.3, -0.25) is 14.7 Å². The van der Waals surface area contributed by atoms with Gasteiger partial charge in [-0.15, -0.1) is 10.2 Å². The van der Waals surface area contributed by atoms with Crippen LogP contribution in [0.25, 0.3) is 11.4 Å². The topological polar surface area (TPSA) is 108 Å². The predicted octanol–water partition coefficient (Wildman–Crippen LogP) is 1.63. The molecule has 0 saturated carbocycles. The number of nitro benzene ring substituents is 1. The fourth-order valence-corrected chi connectivity index (χ4v) is 2.68. The van der Waals surface area contributed by atoms with Gasteiger partial charge in [0, 0.05) is 34.9 Å². The van der Waals surface area contributed by atoms with Gasteiger partial charge >= 0.3 is 0 Å². The van der Waals surface area contributed by atoms with Crippen LogP contribution in [0.4, 0.5) is 5.69 Å². The minimum Gasteiger partial charge on any atom is -0.300 e. The summed E-state index contributed by atoms with van der Waals surface area (Å²) < 4.78 is 23.7. The number of nitro groups is 1. The molecular weight excluding hydrogens is 308 g/mol. The van der Waals surface area contributed by atoms with E-state index in [4.69, 9.17) is 10.7 Å².